The normalized spacial score (nSPS) is 23.2. The Morgan fingerprint density at radius 3 is 2.90 bits per heavy atom. The van der Waals surface area contributed by atoms with Crippen molar-refractivity contribution in [3.05, 3.63) is 29.3 Å². The maximum Gasteiger partial charge on any atom is 0.240 e. The summed E-state index contributed by atoms with van der Waals surface area (Å²) in [5.41, 5.74) is 0.555. The molecule has 1 saturated heterocycles. The number of carbonyl (C=O) groups is 2. The van der Waals surface area contributed by atoms with Gasteiger partial charge in [-0.2, -0.15) is 0 Å². The number of carbonyl (C=O) groups excluding carboxylic acids is 2. The first-order valence-electron chi connectivity index (χ1n) is 6.71. The van der Waals surface area contributed by atoms with Crippen molar-refractivity contribution in [2.45, 2.75) is 30.6 Å². The molecule has 2 aliphatic rings. The molecule has 5 nitrogen and oxygen atoms in total. The second-order valence-corrected chi connectivity index (χ2v) is 6.59. The maximum absolute atomic E-state index is 12.0. The van der Waals surface area contributed by atoms with Crippen molar-refractivity contribution < 1.29 is 9.59 Å². The second-order valence-electron chi connectivity index (χ2n) is 4.99. The predicted octanol–water partition coefficient (Wildman–Crippen LogP) is 2.42. The van der Waals surface area contributed by atoms with Gasteiger partial charge >= 0.3 is 0 Å². The number of benzene rings is 1. The fraction of sp³-hybridized carbons (Fsp3) is 0.357. The van der Waals surface area contributed by atoms with Crippen LogP contribution in [0.4, 0.5) is 5.69 Å². The molecule has 0 bridgehead atoms. The van der Waals surface area contributed by atoms with E-state index in [1.807, 2.05) is 0 Å². The summed E-state index contributed by atoms with van der Waals surface area (Å²) in [6.07, 6.45) is 2.26. The quantitative estimate of drug-likeness (QED) is 0.894. The molecule has 1 atom stereocenters. The van der Waals surface area contributed by atoms with E-state index in [2.05, 4.69) is 15.6 Å². The molecule has 1 aliphatic carbocycles. The third kappa shape index (κ3) is 3.77. The first kappa shape index (κ1) is 14.4. The fourth-order valence-electron chi connectivity index (χ4n) is 1.90. The molecule has 1 heterocycles. The highest BCUT2D eigenvalue weighted by Gasteiger charge is 2.33. The van der Waals surface area contributed by atoms with Gasteiger partial charge in [-0.1, -0.05) is 35.5 Å². The third-order valence-electron chi connectivity index (χ3n) is 3.14. The molecule has 110 valence electrons. The maximum atomic E-state index is 12.0. The Morgan fingerprint density at radius 2 is 2.19 bits per heavy atom. The number of rotatable bonds is 4. The smallest absolute Gasteiger partial charge is 0.240 e. The summed E-state index contributed by atoms with van der Waals surface area (Å²) in [6.45, 7) is 0. The Balaban J connectivity index is 1.57. The van der Waals surface area contributed by atoms with Crippen LogP contribution in [0.3, 0.4) is 0 Å². The topological polar surface area (TPSA) is 70.6 Å². The van der Waals surface area contributed by atoms with E-state index in [0.717, 1.165) is 12.8 Å². The van der Waals surface area contributed by atoms with Gasteiger partial charge in [0.15, 0.2) is 5.17 Å². The zero-order chi connectivity index (χ0) is 14.8. The van der Waals surface area contributed by atoms with Gasteiger partial charge in [-0.25, -0.2) is 0 Å². The van der Waals surface area contributed by atoms with E-state index in [0.29, 0.717) is 21.9 Å². The van der Waals surface area contributed by atoms with Gasteiger partial charge in [0, 0.05) is 6.42 Å². The van der Waals surface area contributed by atoms with Crippen molar-refractivity contribution in [2.24, 2.45) is 4.99 Å². The Morgan fingerprint density at radius 1 is 1.43 bits per heavy atom. The van der Waals surface area contributed by atoms with Gasteiger partial charge < -0.3 is 10.6 Å². The molecule has 2 amide bonds. The van der Waals surface area contributed by atoms with Crippen molar-refractivity contribution in [3.8, 4) is 0 Å². The number of hydrogen-bond acceptors (Lipinski definition) is 4. The van der Waals surface area contributed by atoms with Crippen LogP contribution < -0.4 is 10.6 Å². The van der Waals surface area contributed by atoms with Crippen molar-refractivity contribution >= 4 is 46.0 Å². The molecule has 1 aromatic carbocycles. The summed E-state index contributed by atoms with van der Waals surface area (Å²) in [5, 5.41) is 6.13. The summed E-state index contributed by atoms with van der Waals surface area (Å²) in [7, 11) is 0. The first-order chi connectivity index (χ1) is 10.1. The number of nitrogens with zero attached hydrogens (tertiary/aromatic N) is 1. The Hall–Kier alpha value is -1.53. The minimum atomic E-state index is -0.426. The van der Waals surface area contributed by atoms with Gasteiger partial charge in [0.2, 0.25) is 11.8 Å². The van der Waals surface area contributed by atoms with Crippen LogP contribution in [0.1, 0.15) is 19.3 Å². The molecule has 1 aromatic rings. The molecular weight excluding hydrogens is 310 g/mol. The number of para-hydroxylation sites is 1. The summed E-state index contributed by atoms with van der Waals surface area (Å²) in [4.78, 5) is 28.2. The van der Waals surface area contributed by atoms with Gasteiger partial charge in [-0.05, 0) is 25.0 Å². The number of nitrogens with one attached hydrogen (secondary N) is 2. The number of thioether (sulfide) groups is 1. The number of hydrogen-bond donors (Lipinski definition) is 2. The zero-order valence-electron chi connectivity index (χ0n) is 11.1. The van der Waals surface area contributed by atoms with Crippen molar-refractivity contribution in [1.29, 1.82) is 0 Å². The van der Waals surface area contributed by atoms with E-state index in [4.69, 9.17) is 11.6 Å². The molecule has 1 saturated carbocycles. The summed E-state index contributed by atoms with van der Waals surface area (Å²) in [6, 6.07) is 7.36. The highest BCUT2D eigenvalue weighted by molar-refractivity contribution is 8.15. The fourth-order valence-corrected chi connectivity index (χ4v) is 3.12. The number of amides is 2. The third-order valence-corrected chi connectivity index (χ3v) is 4.57. The van der Waals surface area contributed by atoms with E-state index in [9.17, 15) is 9.59 Å². The molecule has 3 rings (SSSR count). The molecule has 2 fully saturated rings. The molecule has 0 spiro atoms. The first-order valence-corrected chi connectivity index (χ1v) is 7.97. The van der Waals surface area contributed by atoms with Crippen LogP contribution in [0.25, 0.3) is 0 Å². The molecule has 1 aliphatic heterocycles. The lowest BCUT2D eigenvalue weighted by molar-refractivity contribution is -0.122. The highest BCUT2D eigenvalue weighted by atomic mass is 35.5. The lowest BCUT2D eigenvalue weighted by Crippen LogP contribution is -2.28. The van der Waals surface area contributed by atoms with Crippen LogP contribution in [0.15, 0.2) is 29.3 Å². The molecule has 0 unspecified atom stereocenters. The van der Waals surface area contributed by atoms with E-state index < -0.39 is 5.25 Å². The van der Waals surface area contributed by atoms with E-state index in [1.165, 1.54) is 11.8 Å². The van der Waals surface area contributed by atoms with Crippen LogP contribution in [-0.2, 0) is 9.59 Å². The molecule has 21 heavy (non-hydrogen) atoms. The standard InChI is InChI=1S/C14H14ClN3O2S/c15-9-3-1-2-4-10(9)17-12(19)7-11-13(20)18-14(21-11)16-8-5-6-8/h1-4,8,11H,5-7H2,(H,17,19)(H,16,18,20)/t11-/m1/s1. The highest BCUT2D eigenvalue weighted by Crippen LogP contribution is 2.29. The number of amidine groups is 1. The molecular formula is C14H14ClN3O2S. The Labute approximate surface area is 131 Å². The van der Waals surface area contributed by atoms with Crippen molar-refractivity contribution in [1.82, 2.24) is 5.32 Å². The SMILES string of the molecule is O=C(C[C@H]1SC(=NC2CC2)NC1=O)Nc1ccccc1Cl. The molecule has 0 radical (unpaired) electrons. The largest absolute Gasteiger partial charge is 0.325 e. The van der Waals surface area contributed by atoms with Crippen molar-refractivity contribution in [3.63, 3.8) is 0 Å². The van der Waals surface area contributed by atoms with Crippen LogP contribution in [0, 0.1) is 0 Å². The minimum Gasteiger partial charge on any atom is -0.325 e. The monoisotopic (exact) mass is 323 g/mol. The van der Waals surface area contributed by atoms with Crippen LogP contribution in [0.2, 0.25) is 5.02 Å². The minimum absolute atomic E-state index is 0.103. The molecule has 0 aromatic heterocycles. The van der Waals surface area contributed by atoms with Gasteiger partial charge in [0.1, 0.15) is 5.25 Å². The number of aliphatic imine (C=N–C) groups is 1. The average Bonchev–Trinajstić information content (AvgIpc) is 3.18. The lowest BCUT2D eigenvalue weighted by atomic mass is 10.2. The van der Waals surface area contributed by atoms with E-state index in [1.54, 1.807) is 24.3 Å². The molecule has 2 N–H and O–H groups in total. The lowest BCUT2D eigenvalue weighted by Gasteiger charge is -2.08. The number of halogens is 1. The average molecular weight is 324 g/mol. The second kappa shape index (κ2) is 6.07. The van der Waals surface area contributed by atoms with Gasteiger partial charge in [0.05, 0.1) is 16.8 Å². The van der Waals surface area contributed by atoms with Crippen LogP contribution in [-0.4, -0.2) is 28.3 Å². The Kier molecular flexibility index (Phi) is 4.17. The Bertz CT molecular complexity index is 616. The van der Waals surface area contributed by atoms with E-state index >= 15 is 0 Å². The summed E-state index contributed by atoms with van der Waals surface area (Å²) in [5.74, 6) is -0.392. The zero-order valence-corrected chi connectivity index (χ0v) is 12.7. The van der Waals surface area contributed by atoms with Crippen molar-refractivity contribution in [2.75, 3.05) is 5.32 Å². The molecule has 7 heteroatoms. The van der Waals surface area contributed by atoms with Crippen LogP contribution in [0.5, 0.6) is 0 Å². The van der Waals surface area contributed by atoms with Gasteiger partial charge in [-0.15, -0.1) is 0 Å². The summed E-state index contributed by atoms with van der Waals surface area (Å²) >= 11 is 7.31. The van der Waals surface area contributed by atoms with Crippen LogP contribution >= 0.6 is 23.4 Å². The van der Waals surface area contributed by atoms with Gasteiger partial charge in [0.25, 0.3) is 0 Å². The predicted molar refractivity (Wildman–Crippen MR) is 84.7 cm³/mol. The summed E-state index contributed by atoms with van der Waals surface area (Å²) < 4.78 is 0. The van der Waals surface area contributed by atoms with E-state index in [-0.39, 0.29) is 18.2 Å². The number of anilines is 1. The van der Waals surface area contributed by atoms with Gasteiger partial charge in [-0.3, -0.25) is 14.6 Å².